The number of rotatable bonds is 16. The van der Waals surface area contributed by atoms with Gasteiger partial charge in [-0.25, -0.2) is 13.1 Å². The Hall–Kier alpha value is -3.28. The van der Waals surface area contributed by atoms with Gasteiger partial charge in [0.2, 0.25) is 21.8 Å². The number of unbranched alkanes of at least 4 members (excludes halogenated alkanes) is 1. The quantitative estimate of drug-likeness (QED) is 0.100. The Morgan fingerprint density at radius 2 is 1.59 bits per heavy atom. The number of hydrogen-bond acceptors (Lipinski definition) is 6. The zero-order valence-corrected chi connectivity index (χ0v) is 24.4. The van der Waals surface area contributed by atoms with Gasteiger partial charge in [0.05, 0.1) is 5.75 Å². The molecule has 3 rings (SSSR count). The monoisotopic (exact) mass is 584 g/mol. The van der Waals surface area contributed by atoms with E-state index in [1.807, 2.05) is 6.07 Å². The molecule has 1 aliphatic rings. The van der Waals surface area contributed by atoms with Crippen LogP contribution in [0, 0.1) is 11.3 Å². The van der Waals surface area contributed by atoms with Crippen molar-refractivity contribution in [3.63, 3.8) is 0 Å². The van der Waals surface area contributed by atoms with Crippen LogP contribution in [0.25, 0.3) is 0 Å². The second-order valence-electron chi connectivity index (χ2n) is 10.8. The van der Waals surface area contributed by atoms with Crippen molar-refractivity contribution in [2.75, 3.05) is 6.54 Å². The van der Waals surface area contributed by atoms with E-state index >= 15 is 0 Å². The molecule has 0 radical (unpaired) electrons. The molecule has 0 saturated heterocycles. The first-order valence-corrected chi connectivity index (χ1v) is 16.1. The maximum absolute atomic E-state index is 13.6. The number of benzene rings is 2. The second kappa shape index (κ2) is 16.2. The normalized spacial score (nSPS) is 15.5. The van der Waals surface area contributed by atoms with E-state index < -0.39 is 28.0 Å². The largest absolute Gasteiger partial charge is 0.384 e. The van der Waals surface area contributed by atoms with Crippen molar-refractivity contribution < 1.29 is 18.0 Å². The summed E-state index contributed by atoms with van der Waals surface area (Å²) in [5, 5.41) is 13.2. The highest BCUT2D eigenvalue weighted by Crippen LogP contribution is 2.28. The number of nitrogens with one attached hydrogen (secondary N) is 4. The lowest BCUT2D eigenvalue weighted by atomic mass is 9.85. The van der Waals surface area contributed by atoms with Gasteiger partial charge in [0, 0.05) is 12.1 Å². The molecule has 10 nitrogen and oxygen atoms in total. The van der Waals surface area contributed by atoms with Gasteiger partial charge in [-0.3, -0.25) is 15.0 Å². The Bertz CT molecular complexity index is 1230. The fourth-order valence-electron chi connectivity index (χ4n) is 5.17. The number of amides is 2. The summed E-state index contributed by atoms with van der Waals surface area (Å²) in [4.78, 5) is 26.8. The minimum absolute atomic E-state index is 0.0366. The van der Waals surface area contributed by atoms with Gasteiger partial charge in [-0.15, -0.1) is 0 Å². The molecule has 0 aliphatic heterocycles. The summed E-state index contributed by atoms with van der Waals surface area (Å²) in [6, 6.07) is 14.0. The number of carbonyl (C=O) groups is 2. The van der Waals surface area contributed by atoms with Gasteiger partial charge in [-0.2, -0.15) is 0 Å². The average Bonchev–Trinajstić information content (AvgIpc) is 2.96. The minimum atomic E-state index is -3.81. The van der Waals surface area contributed by atoms with Crippen molar-refractivity contribution in [3.8, 4) is 0 Å². The number of hydrogen-bond donors (Lipinski definition) is 6. The van der Waals surface area contributed by atoms with Crippen LogP contribution in [0.3, 0.4) is 0 Å². The third-order valence-corrected chi connectivity index (χ3v) is 8.80. The van der Waals surface area contributed by atoms with Crippen LogP contribution in [0.1, 0.15) is 74.5 Å². The first kappa shape index (κ1) is 32.2. The molecule has 2 atom stereocenters. The molecule has 224 valence electrons. The van der Waals surface area contributed by atoms with Crippen molar-refractivity contribution in [3.05, 3.63) is 71.3 Å². The molecular weight excluding hydrogens is 540 g/mol. The highest BCUT2D eigenvalue weighted by atomic mass is 32.2. The molecule has 0 spiro atoms. The average molecular weight is 585 g/mol. The smallest absolute Gasteiger partial charge is 0.242 e. The summed E-state index contributed by atoms with van der Waals surface area (Å²) in [7, 11) is -3.81. The molecule has 1 saturated carbocycles. The van der Waals surface area contributed by atoms with Crippen LogP contribution in [-0.2, 0) is 31.9 Å². The van der Waals surface area contributed by atoms with Crippen molar-refractivity contribution >= 4 is 27.7 Å². The van der Waals surface area contributed by atoms with Crippen LogP contribution in [0.15, 0.2) is 54.6 Å². The zero-order valence-electron chi connectivity index (χ0n) is 23.6. The number of nitrogens with two attached hydrogens (primary N) is 2. The van der Waals surface area contributed by atoms with Gasteiger partial charge in [-0.05, 0) is 49.3 Å². The third kappa shape index (κ3) is 11.3. The lowest BCUT2D eigenvalue weighted by Crippen LogP contribution is -2.54. The second-order valence-corrected chi connectivity index (χ2v) is 12.6. The van der Waals surface area contributed by atoms with Gasteiger partial charge in [0.1, 0.15) is 17.9 Å². The first-order chi connectivity index (χ1) is 19.7. The standard InChI is InChI=1S/C30H44N6O4S/c31-18-8-7-13-26(29(37)34-20-23-14-16-25(17-15-23)28(32)33)35-30(38)27(19-22-9-3-1-4-10-22)36-41(39,40)21-24-11-5-2-6-12-24/h2,5-6,11-12,14-17,22,26-27,36H,1,3-4,7-10,13,18-21,31H2,(H3,32,33)(H,34,37)(H,35,38)/t26-,27+/m0/s1. The molecule has 0 bridgehead atoms. The molecule has 1 fully saturated rings. The molecule has 11 heteroatoms. The maximum atomic E-state index is 13.6. The van der Waals surface area contributed by atoms with Crippen molar-refractivity contribution in [1.82, 2.24) is 15.4 Å². The summed E-state index contributed by atoms with van der Waals surface area (Å²) in [6.07, 6.45) is 7.27. The predicted octanol–water partition coefficient (Wildman–Crippen LogP) is 2.66. The van der Waals surface area contributed by atoms with E-state index in [4.69, 9.17) is 16.9 Å². The van der Waals surface area contributed by atoms with Gasteiger partial charge < -0.3 is 22.1 Å². The molecule has 2 aromatic carbocycles. The number of carbonyl (C=O) groups excluding carboxylic acids is 2. The zero-order chi connectivity index (χ0) is 29.7. The van der Waals surface area contributed by atoms with Crippen LogP contribution in [0.4, 0.5) is 0 Å². The lowest BCUT2D eigenvalue weighted by Gasteiger charge is -2.28. The Morgan fingerprint density at radius 1 is 0.902 bits per heavy atom. The molecule has 0 unspecified atom stereocenters. The highest BCUT2D eigenvalue weighted by molar-refractivity contribution is 7.88. The molecule has 41 heavy (non-hydrogen) atoms. The van der Waals surface area contributed by atoms with Gasteiger partial charge >= 0.3 is 0 Å². The van der Waals surface area contributed by atoms with E-state index in [9.17, 15) is 18.0 Å². The van der Waals surface area contributed by atoms with Crippen LogP contribution >= 0.6 is 0 Å². The summed E-state index contributed by atoms with van der Waals surface area (Å²) in [6.45, 7) is 0.698. The molecule has 2 aromatic rings. The highest BCUT2D eigenvalue weighted by Gasteiger charge is 2.31. The SMILES string of the molecule is N=C(N)c1ccc(CNC(=O)[C@H](CCCCN)NC(=O)[C@@H](CC2CCCCC2)NS(=O)(=O)Cc2ccccc2)cc1. The number of sulfonamides is 1. The van der Waals surface area contributed by atoms with Crippen molar-refractivity contribution in [1.29, 1.82) is 5.41 Å². The van der Waals surface area contributed by atoms with Gasteiger partial charge in [-0.1, -0.05) is 86.7 Å². The summed E-state index contributed by atoms with van der Waals surface area (Å²) in [5.74, 6) is -0.877. The molecule has 0 heterocycles. The van der Waals surface area contributed by atoms with Crippen molar-refractivity contribution in [2.45, 2.75) is 82.2 Å². The van der Waals surface area contributed by atoms with Crippen LogP contribution in [0.5, 0.6) is 0 Å². The Balaban J connectivity index is 1.71. The van der Waals surface area contributed by atoms with Gasteiger partial charge in [0.25, 0.3) is 0 Å². The predicted molar refractivity (Wildman–Crippen MR) is 161 cm³/mol. The van der Waals surface area contributed by atoms with Crippen LogP contribution < -0.4 is 26.8 Å². The minimum Gasteiger partial charge on any atom is -0.384 e. The fourth-order valence-corrected chi connectivity index (χ4v) is 6.52. The van der Waals surface area contributed by atoms with E-state index in [0.29, 0.717) is 43.4 Å². The van der Waals surface area contributed by atoms with E-state index in [1.165, 1.54) is 0 Å². The van der Waals surface area contributed by atoms with E-state index in [1.54, 1.807) is 48.5 Å². The van der Waals surface area contributed by atoms with E-state index in [2.05, 4.69) is 15.4 Å². The number of nitrogen functional groups attached to an aromatic ring is 1. The molecule has 8 N–H and O–H groups in total. The maximum Gasteiger partial charge on any atom is 0.242 e. The molecular formula is C30H44N6O4S. The van der Waals surface area contributed by atoms with Gasteiger partial charge in [0.15, 0.2) is 0 Å². The van der Waals surface area contributed by atoms with Crippen LogP contribution in [0.2, 0.25) is 0 Å². The Labute approximate surface area is 243 Å². The summed E-state index contributed by atoms with van der Waals surface area (Å²) < 4.78 is 28.9. The van der Waals surface area contributed by atoms with Crippen molar-refractivity contribution in [2.24, 2.45) is 17.4 Å². The fraction of sp³-hybridized carbons (Fsp3) is 0.500. The number of amidine groups is 1. The summed E-state index contributed by atoms with van der Waals surface area (Å²) >= 11 is 0. The molecule has 0 aromatic heterocycles. The summed E-state index contributed by atoms with van der Waals surface area (Å²) in [5.41, 5.74) is 13.2. The van der Waals surface area contributed by atoms with E-state index in [0.717, 1.165) is 37.7 Å². The molecule has 2 amide bonds. The topological polar surface area (TPSA) is 180 Å². The Morgan fingerprint density at radius 3 is 2.22 bits per heavy atom. The lowest BCUT2D eigenvalue weighted by molar-refractivity contribution is -0.130. The van der Waals surface area contributed by atoms with E-state index in [-0.39, 0.29) is 30.0 Å². The first-order valence-electron chi connectivity index (χ1n) is 14.4. The molecule has 1 aliphatic carbocycles. The Kier molecular flexibility index (Phi) is 12.8. The third-order valence-electron chi connectivity index (χ3n) is 7.44. The van der Waals surface area contributed by atoms with Crippen LogP contribution in [-0.4, -0.2) is 44.7 Å².